The lowest BCUT2D eigenvalue weighted by Gasteiger charge is -2.22. The van der Waals surface area contributed by atoms with Gasteiger partial charge in [-0.15, -0.1) is 0 Å². The summed E-state index contributed by atoms with van der Waals surface area (Å²) in [6, 6.07) is 2.11. The summed E-state index contributed by atoms with van der Waals surface area (Å²) < 4.78 is 18.3. The average Bonchev–Trinajstić information content (AvgIpc) is 2.39. The van der Waals surface area contributed by atoms with Crippen molar-refractivity contribution in [1.82, 2.24) is 0 Å². The smallest absolute Gasteiger partial charge is 0.325 e. The molecule has 0 aliphatic rings. The number of hydrogen-bond donors (Lipinski definition) is 0. The van der Waals surface area contributed by atoms with Gasteiger partial charge in [-0.1, -0.05) is 0 Å². The van der Waals surface area contributed by atoms with E-state index < -0.39 is 22.4 Å². The zero-order valence-corrected chi connectivity index (χ0v) is 12.6. The van der Waals surface area contributed by atoms with Gasteiger partial charge in [0, 0.05) is 6.54 Å². The van der Waals surface area contributed by atoms with Crippen molar-refractivity contribution in [3.05, 3.63) is 32.5 Å². The molecule has 0 aliphatic heterocycles. The Morgan fingerprint density at radius 1 is 1.50 bits per heavy atom. The van der Waals surface area contributed by atoms with Gasteiger partial charge in [0.2, 0.25) is 0 Å². The molecule has 6 nitrogen and oxygen atoms in total. The summed E-state index contributed by atoms with van der Waals surface area (Å²) in [4.78, 5) is 23.3. The number of carbonyl (C=O) groups is 1. The van der Waals surface area contributed by atoms with Crippen molar-refractivity contribution in [2.75, 3.05) is 24.6 Å². The van der Waals surface area contributed by atoms with Gasteiger partial charge in [-0.2, -0.15) is 0 Å². The van der Waals surface area contributed by atoms with Crippen LogP contribution in [0, 0.1) is 15.9 Å². The van der Waals surface area contributed by atoms with E-state index in [4.69, 9.17) is 4.74 Å². The molecule has 0 spiro atoms. The molecule has 1 aromatic rings. The molecule has 0 fully saturated rings. The standard InChI is InChI=1S/C12H14BrFN2O4/c1-3-15(7-12(17)20-4-2)10-5-8(13)9(14)6-11(10)16(18)19/h5-6H,3-4,7H2,1-2H3. The average molecular weight is 349 g/mol. The maximum Gasteiger partial charge on any atom is 0.325 e. The molecule has 0 heterocycles. The predicted molar refractivity (Wildman–Crippen MR) is 75.3 cm³/mol. The number of anilines is 1. The summed E-state index contributed by atoms with van der Waals surface area (Å²) in [5.41, 5.74) is -0.226. The summed E-state index contributed by atoms with van der Waals surface area (Å²) in [6.07, 6.45) is 0. The second-order valence-corrected chi connectivity index (χ2v) is 4.69. The first-order chi connectivity index (χ1) is 9.40. The fourth-order valence-electron chi connectivity index (χ4n) is 1.66. The maximum atomic E-state index is 13.4. The minimum absolute atomic E-state index is 0.0976. The molecule has 0 aliphatic carbocycles. The molecule has 0 saturated heterocycles. The van der Waals surface area contributed by atoms with Crippen LogP contribution in [0.2, 0.25) is 0 Å². The van der Waals surface area contributed by atoms with Crippen LogP contribution in [0.25, 0.3) is 0 Å². The van der Waals surface area contributed by atoms with E-state index >= 15 is 0 Å². The summed E-state index contributed by atoms with van der Waals surface area (Å²) in [7, 11) is 0. The van der Waals surface area contributed by atoms with Crippen molar-refractivity contribution in [1.29, 1.82) is 0 Å². The monoisotopic (exact) mass is 348 g/mol. The van der Waals surface area contributed by atoms with Crippen LogP contribution in [0.1, 0.15) is 13.8 Å². The van der Waals surface area contributed by atoms with Crippen molar-refractivity contribution in [2.45, 2.75) is 13.8 Å². The second kappa shape index (κ2) is 7.18. The van der Waals surface area contributed by atoms with Crippen LogP contribution < -0.4 is 4.90 Å². The van der Waals surface area contributed by atoms with Gasteiger partial charge in [-0.25, -0.2) is 4.39 Å². The first-order valence-corrected chi connectivity index (χ1v) is 6.74. The molecular weight excluding hydrogens is 335 g/mol. The van der Waals surface area contributed by atoms with Gasteiger partial charge < -0.3 is 9.64 Å². The first kappa shape index (κ1) is 16.4. The van der Waals surface area contributed by atoms with E-state index in [2.05, 4.69) is 15.9 Å². The van der Waals surface area contributed by atoms with E-state index in [1.54, 1.807) is 13.8 Å². The van der Waals surface area contributed by atoms with Crippen molar-refractivity contribution < 1.29 is 18.8 Å². The van der Waals surface area contributed by atoms with Gasteiger partial charge >= 0.3 is 5.97 Å². The maximum absolute atomic E-state index is 13.4. The minimum Gasteiger partial charge on any atom is -0.465 e. The van der Waals surface area contributed by atoms with Gasteiger partial charge in [0.05, 0.1) is 22.1 Å². The van der Waals surface area contributed by atoms with E-state index in [9.17, 15) is 19.3 Å². The molecule has 0 N–H and O–H groups in total. The zero-order valence-electron chi connectivity index (χ0n) is 11.1. The molecule has 0 bridgehead atoms. The summed E-state index contributed by atoms with van der Waals surface area (Å²) in [5, 5.41) is 11.0. The Morgan fingerprint density at radius 3 is 2.65 bits per heavy atom. The number of carbonyl (C=O) groups excluding carboxylic acids is 1. The van der Waals surface area contributed by atoms with Crippen LogP contribution in [-0.4, -0.2) is 30.6 Å². The summed E-state index contributed by atoms with van der Waals surface area (Å²) >= 11 is 2.98. The van der Waals surface area contributed by atoms with Crippen molar-refractivity contribution in [3.8, 4) is 0 Å². The Morgan fingerprint density at radius 2 is 2.15 bits per heavy atom. The highest BCUT2D eigenvalue weighted by Gasteiger charge is 2.23. The van der Waals surface area contributed by atoms with Crippen LogP contribution in [0.5, 0.6) is 0 Å². The molecule has 0 radical (unpaired) electrons. The number of rotatable bonds is 6. The molecule has 8 heteroatoms. The molecule has 0 saturated carbocycles. The Labute approximate surface area is 123 Å². The molecule has 0 atom stereocenters. The molecule has 1 aromatic carbocycles. The van der Waals surface area contributed by atoms with Crippen molar-refractivity contribution in [2.24, 2.45) is 0 Å². The van der Waals surface area contributed by atoms with Gasteiger partial charge in [0.15, 0.2) is 0 Å². The molecule has 0 unspecified atom stereocenters. The zero-order chi connectivity index (χ0) is 15.3. The summed E-state index contributed by atoms with van der Waals surface area (Å²) in [6.45, 7) is 3.85. The van der Waals surface area contributed by atoms with E-state index in [0.717, 1.165) is 6.07 Å². The number of halogens is 2. The largest absolute Gasteiger partial charge is 0.465 e. The number of nitrogens with zero attached hydrogens (tertiary/aromatic N) is 2. The lowest BCUT2D eigenvalue weighted by molar-refractivity contribution is -0.384. The SMILES string of the molecule is CCOC(=O)CN(CC)c1cc(Br)c(F)cc1[N+](=O)[O-]. The molecule has 110 valence electrons. The van der Waals surface area contributed by atoms with E-state index in [0.29, 0.717) is 6.54 Å². The minimum atomic E-state index is -0.729. The van der Waals surface area contributed by atoms with Crippen LogP contribution in [0.3, 0.4) is 0 Å². The molecule has 0 amide bonds. The number of likely N-dealkylation sites (N-methyl/N-ethyl adjacent to an activating group) is 1. The number of ether oxygens (including phenoxy) is 1. The van der Waals surface area contributed by atoms with Gasteiger partial charge in [-0.3, -0.25) is 14.9 Å². The van der Waals surface area contributed by atoms with Crippen LogP contribution in [0.15, 0.2) is 16.6 Å². The lowest BCUT2D eigenvalue weighted by Crippen LogP contribution is -2.31. The third-order valence-electron chi connectivity index (χ3n) is 2.56. The number of nitro benzene ring substituents is 1. The highest BCUT2D eigenvalue weighted by Crippen LogP contribution is 2.33. The van der Waals surface area contributed by atoms with Gasteiger partial charge in [0.25, 0.3) is 5.69 Å². The predicted octanol–water partition coefficient (Wildman–Crippen LogP) is 2.89. The highest BCUT2D eigenvalue weighted by molar-refractivity contribution is 9.10. The molecule has 20 heavy (non-hydrogen) atoms. The van der Waals surface area contributed by atoms with Crippen LogP contribution in [0.4, 0.5) is 15.8 Å². The first-order valence-electron chi connectivity index (χ1n) is 5.94. The van der Waals surface area contributed by atoms with E-state index in [1.807, 2.05) is 0 Å². The van der Waals surface area contributed by atoms with Gasteiger partial charge in [-0.05, 0) is 35.8 Å². The Hall–Kier alpha value is -1.70. The van der Waals surface area contributed by atoms with Gasteiger partial charge in [0.1, 0.15) is 18.0 Å². The quantitative estimate of drug-likeness (QED) is 0.449. The number of nitro groups is 1. The van der Waals surface area contributed by atoms with Crippen molar-refractivity contribution in [3.63, 3.8) is 0 Å². The lowest BCUT2D eigenvalue weighted by atomic mass is 10.2. The van der Waals surface area contributed by atoms with Crippen LogP contribution in [-0.2, 0) is 9.53 Å². The third-order valence-corrected chi connectivity index (χ3v) is 3.17. The fraction of sp³-hybridized carbons (Fsp3) is 0.417. The molecular formula is C12H14BrFN2O4. The molecule has 0 aromatic heterocycles. The molecule has 1 rings (SSSR count). The normalized spacial score (nSPS) is 10.2. The van der Waals surface area contributed by atoms with Crippen molar-refractivity contribution >= 4 is 33.3 Å². The summed E-state index contributed by atoms with van der Waals surface area (Å²) in [5.74, 6) is -1.23. The number of benzene rings is 1. The number of esters is 1. The van der Waals surface area contributed by atoms with E-state index in [1.165, 1.54) is 11.0 Å². The van der Waals surface area contributed by atoms with Crippen LogP contribution >= 0.6 is 15.9 Å². The third kappa shape index (κ3) is 3.89. The van der Waals surface area contributed by atoms with E-state index in [-0.39, 0.29) is 23.3 Å². The Balaban J connectivity index is 3.16. The Bertz CT molecular complexity index is 524. The fourth-order valence-corrected chi connectivity index (χ4v) is 1.99. The highest BCUT2D eigenvalue weighted by atomic mass is 79.9. The topological polar surface area (TPSA) is 72.7 Å². The number of hydrogen-bond acceptors (Lipinski definition) is 5. The Kier molecular flexibility index (Phi) is 5.87. The second-order valence-electron chi connectivity index (χ2n) is 3.83.